The fraction of sp³-hybridized carbons (Fsp3) is 0.357. The summed E-state index contributed by atoms with van der Waals surface area (Å²) in [5.41, 5.74) is 0.753. The summed E-state index contributed by atoms with van der Waals surface area (Å²) in [5.74, 6) is 4.34. The highest BCUT2D eigenvalue weighted by Crippen LogP contribution is 2.19. The molecule has 1 atom stereocenters. The number of halogens is 1. The van der Waals surface area contributed by atoms with Gasteiger partial charge in [-0.1, -0.05) is 11.8 Å². The van der Waals surface area contributed by atoms with Gasteiger partial charge in [-0.25, -0.2) is 4.39 Å². The van der Waals surface area contributed by atoms with Crippen molar-refractivity contribution in [1.82, 2.24) is 0 Å². The van der Waals surface area contributed by atoms with Crippen molar-refractivity contribution < 1.29 is 19.0 Å². The van der Waals surface area contributed by atoms with E-state index >= 15 is 0 Å². The van der Waals surface area contributed by atoms with E-state index in [4.69, 9.17) is 9.84 Å². The van der Waals surface area contributed by atoms with E-state index in [9.17, 15) is 9.18 Å². The van der Waals surface area contributed by atoms with Gasteiger partial charge in [0.1, 0.15) is 18.5 Å². The number of aliphatic hydroxyl groups is 1. The molecule has 1 fully saturated rings. The molecule has 2 rings (SSSR count). The summed E-state index contributed by atoms with van der Waals surface area (Å²) < 4.78 is 18.4. The third kappa shape index (κ3) is 3.53. The molecule has 0 radical (unpaired) electrons. The molecule has 100 valence electrons. The Hall–Kier alpha value is -1.90. The first-order valence-electron chi connectivity index (χ1n) is 6.02. The minimum atomic E-state index is -0.455. The summed E-state index contributed by atoms with van der Waals surface area (Å²) in [4.78, 5) is 11.9. The van der Waals surface area contributed by atoms with Crippen LogP contribution in [-0.2, 0) is 9.53 Å². The summed E-state index contributed by atoms with van der Waals surface area (Å²) in [6.45, 7) is 0.258. The number of aliphatic hydroxyl groups excluding tert-OH is 1. The Labute approximate surface area is 110 Å². The van der Waals surface area contributed by atoms with E-state index in [1.807, 2.05) is 0 Å². The molecule has 0 aromatic heterocycles. The van der Waals surface area contributed by atoms with Gasteiger partial charge in [0.05, 0.1) is 11.3 Å². The van der Waals surface area contributed by atoms with Crippen LogP contribution in [0.25, 0.3) is 0 Å². The lowest BCUT2D eigenvalue weighted by Crippen LogP contribution is -2.27. The molecule has 4 nitrogen and oxygen atoms in total. The molecule has 2 N–H and O–H groups in total. The number of benzene rings is 1. The summed E-state index contributed by atoms with van der Waals surface area (Å²) in [6, 6.07) is 3.91. The number of ether oxygens (including phenoxy) is 1. The predicted octanol–water partition coefficient (Wildman–Crippen LogP) is 1.29. The molecule has 1 aliphatic rings. The molecule has 0 saturated carbocycles. The third-order valence-electron chi connectivity index (χ3n) is 2.76. The lowest BCUT2D eigenvalue weighted by atomic mass is 10.1. The SMILES string of the molecule is O=C(Nc1ccc(F)cc1C#CCO)C1CCCO1. The number of anilines is 1. The molecule has 0 spiro atoms. The molecule has 1 amide bonds. The highest BCUT2D eigenvalue weighted by atomic mass is 19.1. The van der Waals surface area contributed by atoms with E-state index in [2.05, 4.69) is 17.2 Å². The van der Waals surface area contributed by atoms with Gasteiger partial charge in [0, 0.05) is 6.61 Å². The van der Waals surface area contributed by atoms with Gasteiger partial charge < -0.3 is 15.2 Å². The first-order chi connectivity index (χ1) is 9.20. The number of hydrogen-bond donors (Lipinski definition) is 2. The van der Waals surface area contributed by atoms with Gasteiger partial charge in [-0.2, -0.15) is 0 Å². The molecule has 5 heteroatoms. The highest BCUT2D eigenvalue weighted by Gasteiger charge is 2.24. The maximum Gasteiger partial charge on any atom is 0.253 e. The van der Waals surface area contributed by atoms with E-state index < -0.39 is 11.9 Å². The zero-order chi connectivity index (χ0) is 13.7. The summed E-state index contributed by atoms with van der Waals surface area (Å²) in [6.07, 6.45) is 1.09. The van der Waals surface area contributed by atoms with Crippen molar-refractivity contribution in [3.05, 3.63) is 29.6 Å². The number of carbonyl (C=O) groups excluding carboxylic acids is 1. The standard InChI is InChI=1S/C14H14FNO3/c15-11-5-6-12(10(9-11)3-1-7-17)16-14(18)13-4-2-8-19-13/h5-6,9,13,17H,2,4,7-8H2,(H,16,18). The number of nitrogens with one attached hydrogen (secondary N) is 1. The fourth-order valence-corrected chi connectivity index (χ4v) is 1.86. The van der Waals surface area contributed by atoms with Crippen LogP contribution in [0.15, 0.2) is 18.2 Å². The second-order valence-electron chi connectivity index (χ2n) is 4.14. The molecule has 0 bridgehead atoms. The van der Waals surface area contributed by atoms with Crippen molar-refractivity contribution in [2.24, 2.45) is 0 Å². The molecule has 19 heavy (non-hydrogen) atoms. The van der Waals surface area contributed by atoms with Crippen LogP contribution in [-0.4, -0.2) is 30.3 Å². The lowest BCUT2D eigenvalue weighted by Gasteiger charge is -2.11. The molecular weight excluding hydrogens is 249 g/mol. The van der Waals surface area contributed by atoms with Crippen LogP contribution in [0.3, 0.4) is 0 Å². The van der Waals surface area contributed by atoms with Crippen LogP contribution in [0.1, 0.15) is 18.4 Å². The monoisotopic (exact) mass is 263 g/mol. The maximum absolute atomic E-state index is 13.1. The van der Waals surface area contributed by atoms with Gasteiger partial charge in [0.2, 0.25) is 0 Å². The number of rotatable bonds is 2. The molecule has 1 aromatic rings. The maximum atomic E-state index is 13.1. The van der Waals surface area contributed by atoms with Crippen LogP contribution in [0.4, 0.5) is 10.1 Å². The number of carbonyl (C=O) groups is 1. The topological polar surface area (TPSA) is 58.6 Å². The molecular formula is C14H14FNO3. The Morgan fingerprint density at radius 3 is 3.11 bits per heavy atom. The quantitative estimate of drug-likeness (QED) is 0.790. The van der Waals surface area contributed by atoms with Crippen LogP contribution < -0.4 is 5.32 Å². The minimum absolute atomic E-state index is 0.254. The normalized spacial score (nSPS) is 17.7. The van der Waals surface area contributed by atoms with Gasteiger partial charge in [0.15, 0.2) is 0 Å². The largest absolute Gasteiger partial charge is 0.384 e. The molecule has 1 aromatic carbocycles. The zero-order valence-corrected chi connectivity index (χ0v) is 10.3. The van der Waals surface area contributed by atoms with Crippen LogP contribution >= 0.6 is 0 Å². The average molecular weight is 263 g/mol. The van der Waals surface area contributed by atoms with Crippen molar-refractivity contribution in [2.45, 2.75) is 18.9 Å². The first kappa shape index (κ1) is 13.5. The zero-order valence-electron chi connectivity index (χ0n) is 10.3. The Morgan fingerprint density at radius 1 is 1.58 bits per heavy atom. The molecule has 0 aliphatic carbocycles. The summed E-state index contributed by atoms with van der Waals surface area (Å²) in [7, 11) is 0. The lowest BCUT2D eigenvalue weighted by molar-refractivity contribution is -0.124. The second kappa shape index (κ2) is 6.32. The van der Waals surface area contributed by atoms with Gasteiger partial charge in [-0.3, -0.25) is 4.79 Å². The second-order valence-corrected chi connectivity index (χ2v) is 4.14. The van der Waals surface area contributed by atoms with E-state index in [-0.39, 0.29) is 12.5 Å². The van der Waals surface area contributed by atoms with Crippen LogP contribution in [0.2, 0.25) is 0 Å². The Balaban J connectivity index is 2.16. The average Bonchev–Trinajstić information content (AvgIpc) is 2.93. The van der Waals surface area contributed by atoms with Crippen LogP contribution in [0, 0.1) is 17.7 Å². The number of hydrogen-bond acceptors (Lipinski definition) is 3. The van der Waals surface area contributed by atoms with E-state index in [1.54, 1.807) is 0 Å². The van der Waals surface area contributed by atoms with Crippen molar-refractivity contribution in [3.8, 4) is 11.8 Å². The van der Waals surface area contributed by atoms with Gasteiger partial charge in [0.25, 0.3) is 5.91 Å². The predicted molar refractivity (Wildman–Crippen MR) is 68.0 cm³/mol. The van der Waals surface area contributed by atoms with Gasteiger partial charge >= 0.3 is 0 Å². The van der Waals surface area contributed by atoms with Crippen LogP contribution in [0.5, 0.6) is 0 Å². The molecule has 1 unspecified atom stereocenters. The smallest absolute Gasteiger partial charge is 0.253 e. The fourth-order valence-electron chi connectivity index (χ4n) is 1.86. The minimum Gasteiger partial charge on any atom is -0.384 e. The van der Waals surface area contributed by atoms with E-state index in [0.29, 0.717) is 24.3 Å². The summed E-state index contributed by atoms with van der Waals surface area (Å²) in [5, 5.41) is 11.3. The van der Waals surface area contributed by atoms with Gasteiger partial charge in [-0.15, -0.1) is 0 Å². The van der Waals surface area contributed by atoms with Crippen molar-refractivity contribution in [1.29, 1.82) is 0 Å². The molecule has 1 saturated heterocycles. The van der Waals surface area contributed by atoms with E-state index in [1.165, 1.54) is 18.2 Å². The highest BCUT2D eigenvalue weighted by molar-refractivity contribution is 5.95. The summed E-state index contributed by atoms with van der Waals surface area (Å²) >= 11 is 0. The Bertz CT molecular complexity index is 527. The van der Waals surface area contributed by atoms with Crippen molar-refractivity contribution >= 4 is 11.6 Å². The van der Waals surface area contributed by atoms with Crippen molar-refractivity contribution in [2.75, 3.05) is 18.5 Å². The Kier molecular flexibility index (Phi) is 4.50. The molecule has 1 heterocycles. The van der Waals surface area contributed by atoms with Crippen molar-refractivity contribution in [3.63, 3.8) is 0 Å². The third-order valence-corrected chi connectivity index (χ3v) is 2.76. The van der Waals surface area contributed by atoms with Gasteiger partial charge in [-0.05, 0) is 31.0 Å². The first-order valence-corrected chi connectivity index (χ1v) is 6.02. The molecule has 1 aliphatic heterocycles. The Morgan fingerprint density at radius 2 is 2.42 bits per heavy atom. The van der Waals surface area contributed by atoms with E-state index in [0.717, 1.165) is 6.42 Å². The number of amides is 1.